The second-order valence-corrected chi connectivity index (χ2v) is 8.94. The van der Waals surface area contributed by atoms with E-state index in [9.17, 15) is 4.79 Å². The van der Waals surface area contributed by atoms with E-state index in [1.165, 1.54) is 19.3 Å². The van der Waals surface area contributed by atoms with Crippen LogP contribution in [0.3, 0.4) is 0 Å². The Balaban J connectivity index is 1.33. The minimum Gasteiger partial charge on any atom is -0.437 e. The van der Waals surface area contributed by atoms with Gasteiger partial charge in [-0.1, -0.05) is 18.6 Å². The molecule has 3 aromatic heterocycles. The molecular weight excluding hydrogens is 442 g/mol. The Morgan fingerprint density at radius 3 is 2.86 bits per heavy atom. The fourth-order valence-electron chi connectivity index (χ4n) is 4.11. The number of aromatic nitrogens is 5. The first-order valence-corrected chi connectivity index (χ1v) is 11.8. The molecule has 0 radical (unpaired) electrons. The van der Waals surface area contributed by atoms with E-state index in [2.05, 4.69) is 27.5 Å². The first-order chi connectivity index (χ1) is 17.0. The quantitative estimate of drug-likeness (QED) is 0.387. The number of nitrogens with one attached hydrogen (secondary N) is 1. The molecule has 1 saturated carbocycles. The molecule has 0 bridgehead atoms. The maximum absolute atomic E-state index is 12.5. The van der Waals surface area contributed by atoms with Crippen molar-refractivity contribution in [2.45, 2.75) is 32.2 Å². The summed E-state index contributed by atoms with van der Waals surface area (Å²) in [4.78, 5) is 19.5. The number of likely N-dealkylation sites (N-methyl/N-ethyl adjacent to an activating group) is 1. The standard InChI is InChI=1S/C26H29N7O2/c1-18-21(29-25(34)11-6-14-31(2)20-7-4-8-20)9-5-10-24(18)35-26-23-12-13-27-33(23)17-22(30-26)19-15-28-32(3)16-19/h5-6,9-13,15-17,20H,4,7-8,14H2,1-3H3,(H,29,34)/b11-6+. The number of hydrogen-bond acceptors (Lipinski definition) is 6. The van der Waals surface area contributed by atoms with Crippen LogP contribution in [0.5, 0.6) is 11.6 Å². The van der Waals surface area contributed by atoms with Crippen LogP contribution in [0.1, 0.15) is 24.8 Å². The predicted octanol–water partition coefficient (Wildman–Crippen LogP) is 4.21. The zero-order valence-electron chi connectivity index (χ0n) is 20.2. The van der Waals surface area contributed by atoms with Crippen molar-refractivity contribution < 1.29 is 9.53 Å². The number of carbonyl (C=O) groups excluding carboxylic acids is 1. The van der Waals surface area contributed by atoms with Crippen LogP contribution in [0.2, 0.25) is 0 Å². The summed E-state index contributed by atoms with van der Waals surface area (Å²) in [6.45, 7) is 2.68. The fourth-order valence-corrected chi connectivity index (χ4v) is 4.11. The number of fused-ring (bicyclic) bond motifs is 1. The molecular formula is C26H29N7O2. The Hall–Kier alpha value is -3.98. The summed E-state index contributed by atoms with van der Waals surface area (Å²) in [6.07, 6.45) is 14.5. The highest BCUT2D eigenvalue weighted by Crippen LogP contribution is 2.32. The van der Waals surface area contributed by atoms with Crippen molar-refractivity contribution in [1.29, 1.82) is 0 Å². The lowest BCUT2D eigenvalue weighted by atomic mass is 9.92. The smallest absolute Gasteiger partial charge is 0.248 e. The molecule has 0 aliphatic heterocycles. The van der Waals surface area contributed by atoms with E-state index in [0.717, 1.165) is 23.2 Å². The molecule has 1 aliphatic carbocycles. The summed E-state index contributed by atoms with van der Waals surface area (Å²) >= 11 is 0. The number of ether oxygens (including phenoxy) is 1. The van der Waals surface area contributed by atoms with E-state index in [0.29, 0.717) is 29.1 Å². The third kappa shape index (κ3) is 4.95. The number of nitrogens with zero attached hydrogens (tertiary/aromatic N) is 6. The topological polar surface area (TPSA) is 89.6 Å². The Bertz CT molecular complexity index is 1380. The van der Waals surface area contributed by atoms with Crippen molar-refractivity contribution in [3.63, 3.8) is 0 Å². The molecule has 0 unspecified atom stereocenters. The van der Waals surface area contributed by atoms with Crippen LogP contribution in [0.4, 0.5) is 5.69 Å². The minimum absolute atomic E-state index is 0.165. The van der Waals surface area contributed by atoms with Gasteiger partial charge in [-0.05, 0) is 45.0 Å². The maximum atomic E-state index is 12.5. The molecule has 180 valence electrons. The highest BCUT2D eigenvalue weighted by Gasteiger charge is 2.20. The number of rotatable bonds is 8. The summed E-state index contributed by atoms with van der Waals surface area (Å²) in [7, 11) is 3.96. The van der Waals surface area contributed by atoms with Crippen molar-refractivity contribution in [3.8, 4) is 22.9 Å². The van der Waals surface area contributed by atoms with Crippen LogP contribution in [-0.2, 0) is 11.8 Å². The van der Waals surface area contributed by atoms with Gasteiger partial charge in [0, 0.05) is 48.7 Å². The molecule has 9 nitrogen and oxygen atoms in total. The number of anilines is 1. The molecule has 35 heavy (non-hydrogen) atoms. The molecule has 1 fully saturated rings. The van der Waals surface area contributed by atoms with Crippen LogP contribution < -0.4 is 10.1 Å². The van der Waals surface area contributed by atoms with Gasteiger partial charge in [0.15, 0.2) is 0 Å². The van der Waals surface area contributed by atoms with Gasteiger partial charge in [-0.3, -0.25) is 14.4 Å². The number of carbonyl (C=O) groups is 1. The average molecular weight is 472 g/mol. The van der Waals surface area contributed by atoms with Crippen molar-refractivity contribution >= 4 is 17.1 Å². The maximum Gasteiger partial charge on any atom is 0.248 e. The van der Waals surface area contributed by atoms with Gasteiger partial charge in [-0.15, -0.1) is 0 Å². The summed E-state index contributed by atoms with van der Waals surface area (Å²) in [5, 5.41) is 11.6. The number of amides is 1. The number of aryl methyl sites for hydroxylation is 1. The van der Waals surface area contributed by atoms with E-state index in [4.69, 9.17) is 9.72 Å². The predicted molar refractivity (Wildman–Crippen MR) is 134 cm³/mol. The fraction of sp³-hybridized carbons (Fsp3) is 0.308. The summed E-state index contributed by atoms with van der Waals surface area (Å²) in [5.41, 5.74) is 3.81. The molecule has 5 rings (SSSR count). The van der Waals surface area contributed by atoms with E-state index in [-0.39, 0.29) is 5.91 Å². The van der Waals surface area contributed by atoms with Gasteiger partial charge >= 0.3 is 0 Å². The molecule has 0 spiro atoms. The number of benzene rings is 1. The van der Waals surface area contributed by atoms with Gasteiger partial charge in [-0.2, -0.15) is 10.2 Å². The van der Waals surface area contributed by atoms with Crippen LogP contribution in [0, 0.1) is 6.92 Å². The van der Waals surface area contributed by atoms with Crippen LogP contribution >= 0.6 is 0 Å². The highest BCUT2D eigenvalue weighted by molar-refractivity contribution is 6.00. The summed E-state index contributed by atoms with van der Waals surface area (Å²) < 4.78 is 9.71. The third-order valence-corrected chi connectivity index (χ3v) is 6.47. The molecule has 1 aliphatic rings. The van der Waals surface area contributed by atoms with E-state index in [1.54, 1.807) is 27.7 Å². The van der Waals surface area contributed by atoms with Crippen molar-refractivity contribution in [1.82, 2.24) is 29.3 Å². The lowest BCUT2D eigenvalue weighted by Crippen LogP contribution is -2.37. The molecule has 0 atom stereocenters. The Labute approximate surface area is 204 Å². The Morgan fingerprint density at radius 2 is 2.11 bits per heavy atom. The van der Waals surface area contributed by atoms with Crippen molar-refractivity contribution in [2.24, 2.45) is 7.05 Å². The zero-order chi connectivity index (χ0) is 24.4. The molecule has 1 aromatic carbocycles. The van der Waals surface area contributed by atoms with Gasteiger partial charge in [-0.25, -0.2) is 9.50 Å². The Kier molecular flexibility index (Phi) is 6.33. The molecule has 1 N–H and O–H groups in total. The van der Waals surface area contributed by atoms with E-state index >= 15 is 0 Å². The lowest BCUT2D eigenvalue weighted by molar-refractivity contribution is -0.111. The minimum atomic E-state index is -0.165. The SMILES string of the molecule is Cc1c(NC(=O)/C=C/CN(C)C2CCC2)cccc1Oc1nc(-c2cnn(C)c2)cn2nccc12. The lowest BCUT2D eigenvalue weighted by Gasteiger charge is -2.33. The largest absolute Gasteiger partial charge is 0.437 e. The van der Waals surface area contributed by atoms with E-state index < -0.39 is 0 Å². The first-order valence-electron chi connectivity index (χ1n) is 11.8. The number of hydrogen-bond donors (Lipinski definition) is 1. The second kappa shape index (κ2) is 9.71. The van der Waals surface area contributed by atoms with E-state index in [1.807, 2.05) is 56.7 Å². The molecule has 0 saturated heterocycles. The third-order valence-electron chi connectivity index (χ3n) is 6.47. The molecule has 1 amide bonds. The highest BCUT2D eigenvalue weighted by atomic mass is 16.5. The molecule has 4 aromatic rings. The normalized spacial score (nSPS) is 14.1. The van der Waals surface area contributed by atoms with Gasteiger partial charge in [0.25, 0.3) is 0 Å². The zero-order valence-corrected chi connectivity index (χ0v) is 20.2. The van der Waals surface area contributed by atoms with Crippen LogP contribution in [-0.4, -0.2) is 54.8 Å². The van der Waals surface area contributed by atoms with Crippen molar-refractivity contribution in [2.75, 3.05) is 18.9 Å². The summed E-state index contributed by atoms with van der Waals surface area (Å²) in [6, 6.07) is 8.07. The van der Waals surface area contributed by atoms with Gasteiger partial charge < -0.3 is 10.1 Å². The first kappa shape index (κ1) is 22.8. The molecule has 3 heterocycles. The molecule has 9 heteroatoms. The average Bonchev–Trinajstić information content (AvgIpc) is 3.44. The van der Waals surface area contributed by atoms with Crippen LogP contribution in [0.15, 0.2) is 61.2 Å². The van der Waals surface area contributed by atoms with Gasteiger partial charge in [0.1, 0.15) is 11.3 Å². The van der Waals surface area contributed by atoms with Gasteiger partial charge in [0.2, 0.25) is 11.8 Å². The van der Waals surface area contributed by atoms with Crippen LogP contribution in [0.25, 0.3) is 16.8 Å². The van der Waals surface area contributed by atoms with Gasteiger partial charge in [0.05, 0.1) is 24.3 Å². The van der Waals surface area contributed by atoms with Crippen molar-refractivity contribution in [3.05, 3.63) is 66.8 Å². The summed E-state index contributed by atoms with van der Waals surface area (Å²) in [5.74, 6) is 0.868. The Morgan fingerprint density at radius 1 is 1.26 bits per heavy atom. The second-order valence-electron chi connectivity index (χ2n) is 8.94. The monoisotopic (exact) mass is 471 g/mol.